The van der Waals surface area contributed by atoms with Gasteiger partial charge in [-0.2, -0.15) is 0 Å². The lowest BCUT2D eigenvalue weighted by molar-refractivity contribution is 0.0946. The van der Waals surface area contributed by atoms with E-state index in [0.29, 0.717) is 5.75 Å². The third kappa shape index (κ3) is 4.25. The normalized spacial score (nSPS) is 10.7. The molecule has 1 aromatic heterocycles. The Hall–Kier alpha value is -2.93. The molecule has 5 nitrogen and oxygen atoms in total. The summed E-state index contributed by atoms with van der Waals surface area (Å²) >= 11 is 6.05. The van der Waals surface area contributed by atoms with E-state index in [0.717, 1.165) is 0 Å². The second-order valence-electron chi connectivity index (χ2n) is 5.62. The maximum absolute atomic E-state index is 14.2. The summed E-state index contributed by atoms with van der Waals surface area (Å²) in [5.41, 5.74) is 0.115. The van der Waals surface area contributed by atoms with Gasteiger partial charge in [-0.1, -0.05) is 28.9 Å². The number of nitrogens with one attached hydrogen (secondary N) is 1. The van der Waals surface area contributed by atoms with Crippen LogP contribution in [0.2, 0.25) is 5.02 Å². The highest BCUT2D eigenvalue weighted by Gasteiger charge is 2.25. The van der Waals surface area contributed by atoms with Gasteiger partial charge in [0.05, 0.1) is 17.1 Å². The number of hydrogen-bond donors (Lipinski definition) is 1. The van der Waals surface area contributed by atoms with Crippen molar-refractivity contribution in [3.05, 3.63) is 70.4 Å². The fraction of sp³-hybridized carbons (Fsp3) is 0.158. The molecular weight excluding hydrogens is 378 g/mol. The quantitative estimate of drug-likeness (QED) is 0.632. The number of nitrogens with zero attached hydrogens (tertiary/aromatic N) is 1. The van der Waals surface area contributed by atoms with E-state index in [9.17, 15) is 13.6 Å². The van der Waals surface area contributed by atoms with Gasteiger partial charge in [0.25, 0.3) is 5.91 Å². The van der Waals surface area contributed by atoms with Crippen molar-refractivity contribution in [2.45, 2.75) is 6.92 Å². The fourth-order valence-electron chi connectivity index (χ4n) is 2.51. The molecule has 0 saturated carbocycles. The van der Waals surface area contributed by atoms with Gasteiger partial charge in [-0.3, -0.25) is 4.79 Å². The summed E-state index contributed by atoms with van der Waals surface area (Å²) in [4.78, 5) is 12.5. The maximum atomic E-state index is 14.2. The van der Waals surface area contributed by atoms with E-state index in [4.69, 9.17) is 20.9 Å². The second kappa shape index (κ2) is 8.18. The predicted octanol–water partition coefficient (Wildman–Crippen LogP) is 4.39. The van der Waals surface area contributed by atoms with Crippen LogP contribution in [-0.2, 0) is 0 Å². The molecule has 0 fully saturated rings. The van der Waals surface area contributed by atoms with Crippen LogP contribution in [0.4, 0.5) is 8.78 Å². The lowest BCUT2D eigenvalue weighted by Gasteiger charge is -2.09. The molecule has 0 radical (unpaired) electrons. The first kappa shape index (κ1) is 18.8. The second-order valence-corrected chi connectivity index (χ2v) is 6.03. The van der Waals surface area contributed by atoms with Gasteiger partial charge in [-0.15, -0.1) is 0 Å². The SMILES string of the molecule is Cc1onc(-c2c(F)cccc2Cl)c1C(=O)NCCOc1cccc(F)c1. The average molecular weight is 393 g/mol. The summed E-state index contributed by atoms with van der Waals surface area (Å²) in [5, 5.41) is 6.54. The van der Waals surface area contributed by atoms with Crippen LogP contribution >= 0.6 is 11.6 Å². The van der Waals surface area contributed by atoms with Crippen LogP contribution in [0.1, 0.15) is 16.1 Å². The van der Waals surface area contributed by atoms with Crippen molar-refractivity contribution in [1.82, 2.24) is 10.5 Å². The zero-order valence-corrected chi connectivity index (χ0v) is 15.0. The molecule has 0 aliphatic carbocycles. The van der Waals surface area contributed by atoms with Crippen molar-refractivity contribution in [3.63, 3.8) is 0 Å². The lowest BCUT2D eigenvalue weighted by Crippen LogP contribution is -2.28. The summed E-state index contributed by atoms with van der Waals surface area (Å²) in [5.74, 6) is -0.953. The number of amides is 1. The molecule has 0 aliphatic rings. The number of rotatable bonds is 6. The highest BCUT2D eigenvalue weighted by atomic mass is 35.5. The standard InChI is InChI=1S/C19H15ClF2N2O3/c1-11-16(18(24-27-11)17-14(20)6-3-7-15(17)22)19(25)23-8-9-26-13-5-2-4-12(21)10-13/h2-7,10H,8-9H2,1H3,(H,23,25). The smallest absolute Gasteiger partial charge is 0.257 e. The Morgan fingerprint density at radius 2 is 2.04 bits per heavy atom. The number of hydrogen-bond acceptors (Lipinski definition) is 4. The van der Waals surface area contributed by atoms with Crippen molar-refractivity contribution < 1.29 is 22.8 Å². The molecule has 3 aromatic rings. The van der Waals surface area contributed by atoms with Gasteiger partial charge in [-0.25, -0.2) is 8.78 Å². The van der Waals surface area contributed by atoms with Crippen LogP contribution in [0.5, 0.6) is 5.75 Å². The van der Waals surface area contributed by atoms with E-state index in [2.05, 4.69) is 10.5 Å². The van der Waals surface area contributed by atoms with Gasteiger partial charge in [-0.05, 0) is 31.2 Å². The summed E-state index contributed by atoms with van der Waals surface area (Å²) < 4.78 is 37.7. The highest BCUT2D eigenvalue weighted by Crippen LogP contribution is 2.33. The molecule has 2 aromatic carbocycles. The van der Waals surface area contributed by atoms with Crippen molar-refractivity contribution in [2.24, 2.45) is 0 Å². The van der Waals surface area contributed by atoms with Gasteiger partial charge in [0.1, 0.15) is 41.0 Å². The Kier molecular flexibility index (Phi) is 5.71. The molecule has 1 heterocycles. The van der Waals surface area contributed by atoms with Crippen molar-refractivity contribution in [3.8, 4) is 17.0 Å². The number of aromatic nitrogens is 1. The maximum Gasteiger partial charge on any atom is 0.257 e. The molecule has 0 unspecified atom stereocenters. The number of benzene rings is 2. The largest absolute Gasteiger partial charge is 0.492 e. The Bertz CT molecular complexity index is 955. The molecule has 140 valence electrons. The Morgan fingerprint density at radius 3 is 2.78 bits per heavy atom. The third-order valence-corrected chi connectivity index (χ3v) is 4.06. The number of carbonyl (C=O) groups excluding carboxylic acids is 1. The van der Waals surface area contributed by atoms with Gasteiger partial charge in [0.2, 0.25) is 0 Å². The van der Waals surface area contributed by atoms with Crippen LogP contribution < -0.4 is 10.1 Å². The van der Waals surface area contributed by atoms with Crippen molar-refractivity contribution in [1.29, 1.82) is 0 Å². The third-order valence-electron chi connectivity index (χ3n) is 3.74. The van der Waals surface area contributed by atoms with Crippen LogP contribution in [-0.4, -0.2) is 24.2 Å². The van der Waals surface area contributed by atoms with Gasteiger partial charge < -0.3 is 14.6 Å². The van der Waals surface area contributed by atoms with E-state index < -0.39 is 17.5 Å². The monoisotopic (exact) mass is 392 g/mol. The van der Waals surface area contributed by atoms with E-state index in [1.807, 2.05) is 0 Å². The lowest BCUT2D eigenvalue weighted by atomic mass is 10.0. The molecule has 8 heteroatoms. The number of aryl methyl sites for hydroxylation is 1. The Morgan fingerprint density at radius 1 is 1.26 bits per heavy atom. The first-order chi connectivity index (χ1) is 13.0. The molecule has 27 heavy (non-hydrogen) atoms. The van der Waals surface area contributed by atoms with E-state index >= 15 is 0 Å². The summed E-state index contributed by atoms with van der Waals surface area (Å²) in [6.07, 6.45) is 0. The topological polar surface area (TPSA) is 64.4 Å². The van der Waals surface area contributed by atoms with Crippen LogP contribution in [0.25, 0.3) is 11.3 Å². The highest BCUT2D eigenvalue weighted by molar-refractivity contribution is 6.33. The minimum absolute atomic E-state index is 0.00261. The minimum Gasteiger partial charge on any atom is -0.492 e. The number of ether oxygens (including phenoxy) is 1. The average Bonchev–Trinajstić information content (AvgIpc) is 3.00. The first-order valence-corrected chi connectivity index (χ1v) is 8.42. The van der Waals surface area contributed by atoms with E-state index in [-0.39, 0.29) is 40.8 Å². The summed E-state index contributed by atoms with van der Waals surface area (Å²) in [6.45, 7) is 1.81. The molecule has 1 N–H and O–H groups in total. The first-order valence-electron chi connectivity index (χ1n) is 8.04. The zero-order valence-electron chi connectivity index (χ0n) is 14.3. The van der Waals surface area contributed by atoms with E-state index in [1.165, 1.54) is 36.4 Å². The fourth-order valence-corrected chi connectivity index (χ4v) is 2.77. The van der Waals surface area contributed by atoms with Crippen molar-refractivity contribution in [2.75, 3.05) is 13.2 Å². The van der Waals surface area contributed by atoms with Crippen LogP contribution in [0, 0.1) is 18.6 Å². The van der Waals surface area contributed by atoms with Gasteiger partial charge >= 0.3 is 0 Å². The number of halogens is 3. The zero-order chi connectivity index (χ0) is 19.4. The predicted molar refractivity (Wildman–Crippen MR) is 95.9 cm³/mol. The minimum atomic E-state index is -0.612. The molecule has 3 rings (SSSR count). The molecule has 0 aliphatic heterocycles. The summed E-state index contributed by atoms with van der Waals surface area (Å²) in [6, 6.07) is 9.85. The molecule has 1 amide bonds. The summed E-state index contributed by atoms with van der Waals surface area (Å²) in [7, 11) is 0. The van der Waals surface area contributed by atoms with Gasteiger partial charge in [0.15, 0.2) is 0 Å². The Balaban J connectivity index is 1.70. The Labute approximate surface area is 158 Å². The molecule has 0 saturated heterocycles. The molecular formula is C19H15ClF2N2O3. The molecule has 0 spiro atoms. The van der Waals surface area contributed by atoms with Crippen LogP contribution in [0.3, 0.4) is 0 Å². The van der Waals surface area contributed by atoms with Crippen LogP contribution in [0.15, 0.2) is 47.0 Å². The number of carbonyl (C=O) groups is 1. The van der Waals surface area contributed by atoms with Gasteiger partial charge in [0, 0.05) is 6.07 Å². The molecule has 0 bridgehead atoms. The van der Waals surface area contributed by atoms with E-state index in [1.54, 1.807) is 13.0 Å². The van der Waals surface area contributed by atoms with Crippen molar-refractivity contribution >= 4 is 17.5 Å². The molecule has 0 atom stereocenters.